The molecule has 0 spiro atoms. The van der Waals surface area contributed by atoms with Gasteiger partial charge in [-0.15, -0.1) is 0 Å². The summed E-state index contributed by atoms with van der Waals surface area (Å²) in [6, 6.07) is 17.4. The average Bonchev–Trinajstić information content (AvgIpc) is 2.90. The van der Waals surface area contributed by atoms with Crippen LogP contribution in [0.3, 0.4) is 0 Å². The van der Waals surface area contributed by atoms with Gasteiger partial charge in [-0.05, 0) is 66.6 Å². The van der Waals surface area contributed by atoms with E-state index in [2.05, 4.69) is 22.4 Å². The summed E-state index contributed by atoms with van der Waals surface area (Å²) in [4.78, 5) is 24.7. The number of rotatable bonds is 12. The van der Waals surface area contributed by atoms with Crippen LogP contribution in [0.4, 0.5) is 5.69 Å². The summed E-state index contributed by atoms with van der Waals surface area (Å²) in [5.74, 6) is 1.03. The molecule has 0 unspecified atom stereocenters. The fourth-order valence-corrected chi connectivity index (χ4v) is 3.25. The molecule has 3 rings (SSSR count). The Labute approximate surface area is 215 Å². The molecule has 2 N–H and O–H groups in total. The number of benzene rings is 3. The van der Waals surface area contributed by atoms with Gasteiger partial charge < -0.3 is 24.3 Å². The van der Waals surface area contributed by atoms with Crippen LogP contribution in [-0.4, -0.2) is 45.5 Å². The predicted octanol–water partition coefficient (Wildman–Crippen LogP) is 4.36. The number of anilines is 1. The van der Waals surface area contributed by atoms with E-state index in [1.807, 2.05) is 31.2 Å². The van der Waals surface area contributed by atoms with Crippen LogP contribution in [0.15, 0.2) is 78.4 Å². The van der Waals surface area contributed by atoms with Crippen molar-refractivity contribution in [2.45, 2.75) is 6.92 Å². The topological polar surface area (TPSA) is 107 Å². The summed E-state index contributed by atoms with van der Waals surface area (Å²) >= 11 is 0. The average molecular weight is 504 g/mol. The van der Waals surface area contributed by atoms with Gasteiger partial charge in [0.1, 0.15) is 6.61 Å². The van der Waals surface area contributed by atoms with Crippen molar-refractivity contribution in [3.8, 4) is 23.0 Å². The number of ether oxygens (including phenoxy) is 4. The number of carbonyl (C=O) groups excluding carboxylic acids is 2. The highest BCUT2D eigenvalue weighted by atomic mass is 16.5. The lowest BCUT2D eigenvalue weighted by Crippen LogP contribution is -2.20. The SMILES string of the molecule is C=CCOc1ccc(C(=O)N/N=C/c2ccc(OCC(=O)Nc3cccc(C)c3)c(OC)c2)cc1OC. The summed E-state index contributed by atoms with van der Waals surface area (Å²) in [6.45, 7) is 5.69. The number of hydrogen-bond donors (Lipinski definition) is 2. The second-order valence-corrected chi connectivity index (χ2v) is 7.78. The van der Waals surface area contributed by atoms with E-state index < -0.39 is 5.91 Å². The Morgan fingerprint density at radius 2 is 1.65 bits per heavy atom. The number of nitrogens with zero attached hydrogens (tertiary/aromatic N) is 1. The first-order valence-electron chi connectivity index (χ1n) is 11.4. The number of methoxy groups -OCH3 is 2. The summed E-state index contributed by atoms with van der Waals surface area (Å²) in [5.41, 5.74) is 5.22. The van der Waals surface area contributed by atoms with Gasteiger partial charge in [0.25, 0.3) is 11.8 Å². The number of nitrogens with one attached hydrogen (secondary N) is 2. The summed E-state index contributed by atoms with van der Waals surface area (Å²) < 4.78 is 21.8. The van der Waals surface area contributed by atoms with Crippen LogP contribution >= 0.6 is 0 Å². The Morgan fingerprint density at radius 1 is 0.919 bits per heavy atom. The Hall–Kier alpha value is -4.79. The molecule has 192 valence electrons. The number of carbonyl (C=O) groups is 2. The first kappa shape index (κ1) is 26.8. The second-order valence-electron chi connectivity index (χ2n) is 7.78. The molecule has 3 aromatic carbocycles. The molecule has 2 amide bonds. The molecule has 0 aliphatic carbocycles. The zero-order valence-corrected chi connectivity index (χ0v) is 20.9. The highest BCUT2D eigenvalue weighted by molar-refractivity contribution is 5.95. The van der Waals surface area contributed by atoms with E-state index in [4.69, 9.17) is 18.9 Å². The summed E-state index contributed by atoms with van der Waals surface area (Å²) in [7, 11) is 2.99. The van der Waals surface area contributed by atoms with Crippen LogP contribution in [0.5, 0.6) is 23.0 Å². The molecule has 0 aliphatic heterocycles. The van der Waals surface area contributed by atoms with Crippen molar-refractivity contribution < 1.29 is 28.5 Å². The molecule has 9 nitrogen and oxygen atoms in total. The first-order chi connectivity index (χ1) is 17.9. The fourth-order valence-electron chi connectivity index (χ4n) is 3.25. The van der Waals surface area contributed by atoms with Crippen molar-refractivity contribution in [3.63, 3.8) is 0 Å². The Balaban J connectivity index is 1.58. The molecule has 0 heterocycles. The Morgan fingerprint density at radius 3 is 2.38 bits per heavy atom. The van der Waals surface area contributed by atoms with Gasteiger partial charge in [0.05, 0.1) is 20.4 Å². The molecular formula is C28H29N3O6. The molecule has 0 aromatic heterocycles. The quantitative estimate of drug-likeness (QED) is 0.216. The van der Waals surface area contributed by atoms with Gasteiger partial charge in [0, 0.05) is 11.3 Å². The van der Waals surface area contributed by atoms with E-state index in [1.165, 1.54) is 20.4 Å². The van der Waals surface area contributed by atoms with Gasteiger partial charge in [0.2, 0.25) is 0 Å². The molecular weight excluding hydrogens is 474 g/mol. The zero-order chi connectivity index (χ0) is 26.6. The smallest absolute Gasteiger partial charge is 0.271 e. The van der Waals surface area contributed by atoms with E-state index in [-0.39, 0.29) is 12.5 Å². The lowest BCUT2D eigenvalue weighted by Gasteiger charge is -2.12. The lowest BCUT2D eigenvalue weighted by atomic mass is 10.2. The molecule has 0 bridgehead atoms. The van der Waals surface area contributed by atoms with E-state index in [9.17, 15) is 9.59 Å². The third kappa shape index (κ3) is 7.86. The molecule has 0 radical (unpaired) electrons. The minimum Gasteiger partial charge on any atom is -0.493 e. The van der Waals surface area contributed by atoms with Gasteiger partial charge in [0.15, 0.2) is 29.6 Å². The van der Waals surface area contributed by atoms with Crippen LogP contribution < -0.4 is 29.7 Å². The van der Waals surface area contributed by atoms with Crippen LogP contribution in [0, 0.1) is 6.92 Å². The monoisotopic (exact) mass is 503 g/mol. The highest BCUT2D eigenvalue weighted by Gasteiger charge is 2.11. The van der Waals surface area contributed by atoms with Crippen molar-refractivity contribution in [2.75, 3.05) is 32.8 Å². The fraction of sp³-hybridized carbons (Fsp3) is 0.179. The van der Waals surface area contributed by atoms with E-state index in [0.717, 1.165) is 5.56 Å². The molecule has 37 heavy (non-hydrogen) atoms. The van der Waals surface area contributed by atoms with Gasteiger partial charge in [-0.25, -0.2) is 5.43 Å². The van der Waals surface area contributed by atoms with E-state index in [0.29, 0.717) is 46.4 Å². The number of amides is 2. The predicted molar refractivity (Wildman–Crippen MR) is 142 cm³/mol. The molecule has 0 saturated carbocycles. The second kappa shape index (κ2) is 13.3. The maximum atomic E-state index is 12.5. The molecule has 0 atom stereocenters. The Kier molecular flexibility index (Phi) is 9.66. The van der Waals surface area contributed by atoms with Crippen LogP contribution in [0.25, 0.3) is 0 Å². The summed E-state index contributed by atoms with van der Waals surface area (Å²) in [6.07, 6.45) is 3.08. The normalized spacial score (nSPS) is 10.5. The standard InChI is InChI=1S/C28H29N3O6/c1-5-13-36-23-12-10-21(16-26(23)35-4)28(33)31-29-17-20-9-11-24(25(15-20)34-3)37-18-27(32)30-22-8-6-7-19(2)14-22/h5-12,14-17H,1,13,18H2,2-4H3,(H,30,32)(H,31,33)/b29-17+. The molecule has 3 aromatic rings. The molecule has 0 fully saturated rings. The maximum absolute atomic E-state index is 12.5. The molecule has 9 heteroatoms. The van der Waals surface area contributed by atoms with Gasteiger partial charge in [-0.1, -0.05) is 24.8 Å². The van der Waals surface area contributed by atoms with Crippen molar-refractivity contribution >= 4 is 23.7 Å². The summed E-state index contributed by atoms with van der Waals surface area (Å²) in [5, 5.41) is 6.80. The molecule has 0 saturated heterocycles. The van der Waals surface area contributed by atoms with Crippen LogP contribution in [0.2, 0.25) is 0 Å². The van der Waals surface area contributed by atoms with Crippen LogP contribution in [0.1, 0.15) is 21.5 Å². The zero-order valence-electron chi connectivity index (χ0n) is 20.9. The van der Waals surface area contributed by atoms with Gasteiger partial charge >= 0.3 is 0 Å². The van der Waals surface area contributed by atoms with Crippen molar-refractivity contribution in [1.82, 2.24) is 5.43 Å². The van der Waals surface area contributed by atoms with E-state index in [1.54, 1.807) is 42.5 Å². The minimum atomic E-state index is -0.420. The number of hydrogen-bond acceptors (Lipinski definition) is 7. The lowest BCUT2D eigenvalue weighted by molar-refractivity contribution is -0.118. The van der Waals surface area contributed by atoms with Gasteiger partial charge in [-0.3, -0.25) is 9.59 Å². The third-order valence-corrected chi connectivity index (χ3v) is 5.01. The number of hydrazone groups is 1. The number of aryl methyl sites for hydroxylation is 1. The van der Waals surface area contributed by atoms with Crippen LogP contribution in [-0.2, 0) is 4.79 Å². The first-order valence-corrected chi connectivity index (χ1v) is 11.4. The van der Waals surface area contributed by atoms with Crippen molar-refractivity contribution in [1.29, 1.82) is 0 Å². The van der Waals surface area contributed by atoms with Crippen molar-refractivity contribution in [3.05, 3.63) is 90.0 Å². The van der Waals surface area contributed by atoms with Gasteiger partial charge in [-0.2, -0.15) is 5.10 Å². The largest absolute Gasteiger partial charge is 0.493 e. The van der Waals surface area contributed by atoms with Crippen molar-refractivity contribution in [2.24, 2.45) is 5.10 Å². The highest BCUT2D eigenvalue weighted by Crippen LogP contribution is 2.29. The minimum absolute atomic E-state index is 0.186. The Bertz CT molecular complexity index is 1290. The van der Waals surface area contributed by atoms with E-state index >= 15 is 0 Å². The third-order valence-electron chi connectivity index (χ3n) is 5.01. The molecule has 0 aliphatic rings. The maximum Gasteiger partial charge on any atom is 0.271 e.